The molecule has 0 atom stereocenters. The molecule has 2 aromatic rings. The maximum Gasteiger partial charge on any atom is 0.371 e. The highest BCUT2D eigenvalue weighted by Crippen LogP contribution is 2.22. The van der Waals surface area contributed by atoms with E-state index in [1.54, 1.807) is 6.07 Å². The summed E-state index contributed by atoms with van der Waals surface area (Å²) in [6, 6.07) is 8.00. The normalized spacial score (nSPS) is 15.3. The van der Waals surface area contributed by atoms with E-state index in [0.717, 1.165) is 17.5 Å². The fourth-order valence-corrected chi connectivity index (χ4v) is 1.86. The van der Waals surface area contributed by atoms with E-state index in [-0.39, 0.29) is 5.76 Å². The van der Waals surface area contributed by atoms with E-state index in [4.69, 9.17) is 9.52 Å². The second-order valence-electron chi connectivity index (χ2n) is 4.44. The Morgan fingerprint density at radius 2 is 2.24 bits per heavy atom. The Hall–Kier alpha value is -1.81. The first-order valence-corrected chi connectivity index (χ1v) is 5.71. The molecule has 0 bridgehead atoms. The highest BCUT2D eigenvalue weighted by molar-refractivity contribution is 5.91. The summed E-state index contributed by atoms with van der Waals surface area (Å²) in [4.78, 5) is 10.8. The molecule has 0 aliphatic heterocycles. The number of furan rings is 1. The lowest BCUT2D eigenvalue weighted by atomic mass is 10.1. The van der Waals surface area contributed by atoms with Crippen molar-refractivity contribution in [3.63, 3.8) is 0 Å². The smallest absolute Gasteiger partial charge is 0.371 e. The summed E-state index contributed by atoms with van der Waals surface area (Å²) in [5.41, 5.74) is 1.78. The second kappa shape index (κ2) is 3.89. The molecule has 1 aromatic carbocycles. The van der Waals surface area contributed by atoms with E-state index in [1.807, 2.05) is 18.2 Å². The number of aromatic carboxylic acids is 1. The van der Waals surface area contributed by atoms with Crippen LogP contribution in [0.1, 0.15) is 29.0 Å². The van der Waals surface area contributed by atoms with Gasteiger partial charge in [-0.15, -0.1) is 0 Å². The Kier molecular flexibility index (Phi) is 2.37. The lowest BCUT2D eigenvalue weighted by Gasteiger charge is -2.02. The maximum atomic E-state index is 10.8. The predicted molar refractivity (Wildman–Crippen MR) is 63.0 cm³/mol. The largest absolute Gasteiger partial charge is 0.475 e. The van der Waals surface area contributed by atoms with Gasteiger partial charge in [0.1, 0.15) is 5.58 Å². The van der Waals surface area contributed by atoms with Crippen molar-refractivity contribution in [2.75, 3.05) is 0 Å². The quantitative estimate of drug-likeness (QED) is 0.848. The summed E-state index contributed by atoms with van der Waals surface area (Å²) < 4.78 is 5.20. The lowest BCUT2D eigenvalue weighted by Crippen LogP contribution is -2.14. The number of carboxylic acids is 1. The molecular weight excluding hydrogens is 218 g/mol. The van der Waals surface area contributed by atoms with Crippen LogP contribution in [0.2, 0.25) is 0 Å². The molecule has 17 heavy (non-hydrogen) atoms. The molecule has 0 radical (unpaired) electrons. The Morgan fingerprint density at radius 1 is 1.41 bits per heavy atom. The van der Waals surface area contributed by atoms with Gasteiger partial charge in [0.2, 0.25) is 5.76 Å². The van der Waals surface area contributed by atoms with Gasteiger partial charge in [-0.2, -0.15) is 0 Å². The number of hydrogen-bond acceptors (Lipinski definition) is 3. The van der Waals surface area contributed by atoms with E-state index in [9.17, 15) is 4.79 Å². The van der Waals surface area contributed by atoms with Gasteiger partial charge in [0, 0.05) is 18.0 Å². The summed E-state index contributed by atoms with van der Waals surface area (Å²) in [5.74, 6) is -1.04. The minimum absolute atomic E-state index is 0.00713. The van der Waals surface area contributed by atoms with Crippen LogP contribution in [0.4, 0.5) is 0 Å². The van der Waals surface area contributed by atoms with Crippen LogP contribution in [0.5, 0.6) is 0 Å². The molecule has 0 unspecified atom stereocenters. The van der Waals surface area contributed by atoms with Gasteiger partial charge in [-0.05, 0) is 36.6 Å². The molecule has 3 rings (SSSR count). The van der Waals surface area contributed by atoms with Crippen LogP contribution in [-0.4, -0.2) is 17.1 Å². The van der Waals surface area contributed by atoms with E-state index in [1.165, 1.54) is 12.8 Å². The summed E-state index contributed by atoms with van der Waals surface area (Å²) in [6.07, 6.45) is 2.52. The van der Waals surface area contributed by atoms with Crippen LogP contribution >= 0.6 is 0 Å². The van der Waals surface area contributed by atoms with Gasteiger partial charge in [0.05, 0.1) is 0 Å². The van der Waals surface area contributed by atoms with Gasteiger partial charge in [-0.3, -0.25) is 0 Å². The Bertz CT molecular complexity index is 569. The van der Waals surface area contributed by atoms with Gasteiger partial charge in [0.25, 0.3) is 0 Å². The van der Waals surface area contributed by atoms with Crippen molar-refractivity contribution < 1.29 is 14.3 Å². The van der Waals surface area contributed by atoms with Gasteiger partial charge in [0.15, 0.2) is 0 Å². The van der Waals surface area contributed by atoms with Gasteiger partial charge in [-0.25, -0.2) is 4.79 Å². The SMILES string of the molecule is O=C(O)c1cc2cc(CNC3CC3)ccc2o1. The minimum Gasteiger partial charge on any atom is -0.475 e. The zero-order valence-electron chi connectivity index (χ0n) is 9.27. The van der Waals surface area contributed by atoms with Crippen LogP contribution in [0.25, 0.3) is 11.0 Å². The molecule has 1 saturated carbocycles. The van der Waals surface area contributed by atoms with E-state index in [0.29, 0.717) is 11.6 Å². The summed E-state index contributed by atoms with van der Waals surface area (Å²) in [6.45, 7) is 0.828. The number of rotatable bonds is 4. The van der Waals surface area contributed by atoms with E-state index in [2.05, 4.69) is 5.32 Å². The van der Waals surface area contributed by atoms with Crippen LogP contribution in [0.3, 0.4) is 0 Å². The van der Waals surface area contributed by atoms with Crippen molar-refractivity contribution >= 4 is 16.9 Å². The third-order valence-corrected chi connectivity index (χ3v) is 2.96. The van der Waals surface area contributed by atoms with Crippen molar-refractivity contribution in [3.05, 3.63) is 35.6 Å². The molecule has 4 heteroatoms. The average Bonchev–Trinajstić information content (AvgIpc) is 3.03. The second-order valence-corrected chi connectivity index (χ2v) is 4.44. The van der Waals surface area contributed by atoms with E-state index < -0.39 is 5.97 Å². The zero-order chi connectivity index (χ0) is 11.8. The number of carbonyl (C=O) groups is 1. The molecule has 1 aliphatic rings. The van der Waals surface area contributed by atoms with Crippen molar-refractivity contribution in [3.8, 4) is 0 Å². The molecule has 1 heterocycles. The van der Waals surface area contributed by atoms with Crippen molar-refractivity contribution in [2.45, 2.75) is 25.4 Å². The molecule has 88 valence electrons. The highest BCUT2D eigenvalue weighted by atomic mass is 16.4. The zero-order valence-corrected chi connectivity index (χ0v) is 9.27. The topological polar surface area (TPSA) is 62.5 Å². The van der Waals surface area contributed by atoms with Crippen LogP contribution < -0.4 is 5.32 Å². The number of fused-ring (bicyclic) bond motifs is 1. The first-order chi connectivity index (χ1) is 8.22. The number of benzene rings is 1. The van der Waals surface area contributed by atoms with Crippen LogP contribution in [0.15, 0.2) is 28.7 Å². The third kappa shape index (κ3) is 2.17. The fourth-order valence-electron chi connectivity index (χ4n) is 1.86. The summed E-state index contributed by atoms with van der Waals surface area (Å²) in [7, 11) is 0. The van der Waals surface area contributed by atoms with Gasteiger partial charge < -0.3 is 14.8 Å². The van der Waals surface area contributed by atoms with Gasteiger partial charge in [-0.1, -0.05) is 6.07 Å². The number of carboxylic acid groups (broad SMARTS) is 1. The molecule has 1 fully saturated rings. The standard InChI is InChI=1S/C13H13NO3/c15-13(16)12-6-9-5-8(1-4-11(9)17-12)7-14-10-2-3-10/h1,4-6,10,14H,2-3,7H2,(H,15,16). The monoisotopic (exact) mass is 231 g/mol. The Labute approximate surface area is 98.2 Å². The third-order valence-electron chi connectivity index (χ3n) is 2.96. The average molecular weight is 231 g/mol. The van der Waals surface area contributed by atoms with Crippen molar-refractivity contribution in [2.24, 2.45) is 0 Å². The molecule has 0 amide bonds. The lowest BCUT2D eigenvalue weighted by molar-refractivity contribution is 0.0665. The van der Waals surface area contributed by atoms with Crippen LogP contribution in [0, 0.1) is 0 Å². The molecule has 4 nitrogen and oxygen atoms in total. The predicted octanol–water partition coefficient (Wildman–Crippen LogP) is 2.38. The highest BCUT2D eigenvalue weighted by Gasteiger charge is 2.20. The minimum atomic E-state index is -1.03. The fraction of sp³-hybridized carbons (Fsp3) is 0.308. The molecule has 0 spiro atoms. The van der Waals surface area contributed by atoms with Crippen molar-refractivity contribution in [1.29, 1.82) is 0 Å². The van der Waals surface area contributed by atoms with Crippen LogP contribution in [-0.2, 0) is 6.54 Å². The summed E-state index contributed by atoms with van der Waals surface area (Å²) >= 11 is 0. The first-order valence-electron chi connectivity index (χ1n) is 5.71. The Balaban J connectivity index is 1.86. The first kappa shape index (κ1) is 10.4. The molecule has 1 aliphatic carbocycles. The summed E-state index contributed by atoms with van der Waals surface area (Å²) in [5, 5.41) is 13.1. The number of nitrogens with one attached hydrogen (secondary N) is 1. The molecule has 2 N–H and O–H groups in total. The molecular formula is C13H13NO3. The maximum absolute atomic E-state index is 10.8. The van der Waals surface area contributed by atoms with Crippen molar-refractivity contribution in [1.82, 2.24) is 5.32 Å². The van der Waals surface area contributed by atoms with Gasteiger partial charge >= 0.3 is 5.97 Å². The molecule has 1 aromatic heterocycles. The number of hydrogen-bond donors (Lipinski definition) is 2. The molecule has 0 saturated heterocycles. The van der Waals surface area contributed by atoms with E-state index >= 15 is 0 Å². The Morgan fingerprint density at radius 3 is 2.94 bits per heavy atom.